The lowest BCUT2D eigenvalue weighted by Gasteiger charge is -2.05. The molecule has 4 heteroatoms. The predicted molar refractivity (Wildman–Crippen MR) is 76.6 cm³/mol. The van der Waals surface area contributed by atoms with Crippen molar-refractivity contribution in [3.8, 4) is 0 Å². The fourth-order valence-electron chi connectivity index (χ4n) is 1.61. The van der Waals surface area contributed by atoms with Crippen molar-refractivity contribution < 1.29 is 8.81 Å². The van der Waals surface area contributed by atoms with Crippen molar-refractivity contribution in [1.82, 2.24) is 5.32 Å². The average molecular weight is 279 g/mol. The van der Waals surface area contributed by atoms with Gasteiger partial charge in [-0.3, -0.25) is 0 Å². The Morgan fingerprint density at radius 3 is 2.74 bits per heavy atom. The molecule has 0 aliphatic rings. The molecular formula is C15H18FNOS. The summed E-state index contributed by atoms with van der Waals surface area (Å²) in [6.45, 7) is 4.94. The average Bonchev–Trinajstić information content (AvgIpc) is 2.82. The molecule has 102 valence electrons. The Balaban J connectivity index is 1.86. The zero-order chi connectivity index (χ0) is 13.7. The Labute approximate surface area is 117 Å². The number of halogens is 1. The van der Waals surface area contributed by atoms with Crippen LogP contribution in [-0.2, 0) is 12.3 Å². The van der Waals surface area contributed by atoms with Crippen molar-refractivity contribution in [2.24, 2.45) is 0 Å². The van der Waals surface area contributed by atoms with Crippen molar-refractivity contribution in [2.75, 3.05) is 0 Å². The third kappa shape index (κ3) is 4.73. The Morgan fingerprint density at radius 1 is 1.21 bits per heavy atom. The van der Waals surface area contributed by atoms with E-state index in [2.05, 4.69) is 19.2 Å². The van der Waals surface area contributed by atoms with E-state index in [1.807, 2.05) is 18.2 Å². The first kappa shape index (κ1) is 14.2. The molecule has 1 heterocycles. The number of hydrogen-bond donors (Lipinski definition) is 1. The highest BCUT2D eigenvalue weighted by atomic mass is 32.2. The molecule has 2 rings (SSSR count). The Hall–Kier alpha value is -1.26. The normalized spacial score (nSPS) is 11.2. The number of nitrogens with one attached hydrogen (secondary N) is 1. The van der Waals surface area contributed by atoms with Crippen LogP contribution >= 0.6 is 11.8 Å². The molecule has 0 atom stereocenters. The van der Waals surface area contributed by atoms with E-state index in [0.717, 1.165) is 23.0 Å². The first-order valence-electron chi connectivity index (χ1n) is 6.33. The summed E-state index contributed by atoms with van der Waals surface area (Å²) in [5, 5.41) is 3.31. The van der Waals surface area contributed by atoms with Gasteiger partial charge in [0, 0.05) is 10.9 Å². The van der Waals surface area contributed by atoms with Crippen LogP contribution in [0.25, 0.3) is 0 Å². The minimum atomic E-state index is -0.203. The van der Waals surface area contributed by atoms with Gasteiger partial charge in [-0.05, 0) is 30.3 Å². The first-order chi connectivity index (χ1) is 9.13. The van der Waals surface area contributed by atoms with Gasteiger partial charge in [-0.2, -0.15) is 0 Å². The lowest BCUT2D eigenvalue weighted by molar-refractivity contribution is 0.445. The highest BCUT2D eigenvalue weighted by Crippen LogP contribution is 2.24. The molecule has 0 saturated heterocycles. The van der Waals surface area contributed by atoms with Gasteiger partial charge < -0.3 is 9.73 Å². The van der Waals surface area contributed by atoms with E-state index in [0.29, 0.717) is 11.8 Å². The minimum Gasteiger partial charge on any atom is -0.464 e. The second-order valence-corrected chi connectivity index (χ2v) is 5.70. The monoisotopic (exact) mass is 279 g/mol. The molecule has 0 unspecified atom stereocenters. The van der Waals surface area contributed by atoms with Crippen LogP contribution in [-0.4, -0.2) is 6.04 Å². The Bertz CT molecular complexity index is 524. The fourth-order valence-corrected chi connectivity index (χ4v) is 2.45. The van der Waals surface area contributed by atoms with Crippen LogP contribution in [0.4, 0.5) is 4.39 Å². The number of furan rings is 1. The van der Waals surface area contributed by atoms with Gasteiger partial charge in [0.15, 0.2) is 0 Å². The summed E-state index contributed by atoms with van der Waals surface area (Å²) in [6, 6.07) is 11.0. The van der Waals surface area contributed by atoms with E-state index in [1.54, 1.807) is 17.8 Å². The topological polar surface area (TPSA) is 25.2 Å². The molecular weight excluding hydrogens is 261 g/mol. The summed E-state index contributed by atoms with van der Waals surface area (Å²) in [5.41, 5.74) is 0. The summed E-state index contributed by atoms with van der Waals surface area (Å²) in [5.74, 6) is 2.36. The molecule has 0 radical (unpaired) electrons. The lowest BCUT2D eigenvalue weighted by Crippen LogP contribution is -2.21. The van der Waals surface area contributed by atoms with Gasteiger partial charge in [-0.25, -0.2) is 4.39 Å². The van der Waals surface area contributed by atoms with Crippen molar-refractivity contribution in [2.45, 2.75) is 37.1 Å². The summed E-state index contributed by atoms with van der Waals surface area (Å²) < 4.78 is 18.7. The SMILES string of the molecule is CC(C)NCc1ccc(CSc2cccc(F)c2)o1. The number of rotatable bonds is 6. The van der Waals surface area contributed by atoms with E-state index in [4.69, 9.17) is 4.42 Å². The van der Waals surface area contributed by atoms with Crippen molar-refractivity contribution >= 4 is 11.8 Å². The van der Waals surface area contributed by atoms with Crippen LogP contribution in [0.5, 0.6) is 0 Å². The van der Waals surface area contributed by atoms with Crippen LogP contribution < -0.4 is 5.32 Å². The highest BCUT2D eigenvalue weighted by molar-refractivity contribution is 7.98. The van der Waals surface area contributed by atoms with Crippen LogP contribution in [0.2, 0.25) is 0 Å². The van der Waals surface area contributed by atoms with E-state index in [1.165, 1.54) is 12.1 Å². The smallest absolute Gasteiger partial charge is 0.124 e. The summed E-state index contributed by atoms with van der Waals surface area (Å²) in [7, 11) is 0. The maximum absolute atomic E-state index is 13.0. The quantitative estimate of drug-likeness (QED) is 0.802. The maximum atomic E-state index is 13.0. The lowest BCUT2D eigenvalue weighted by atomic mass is 10.3. The van der Waals surface area contributed by atoms with Crippen molar-refractivity contribution in [3.63, 3.8) is 0 Å². The molecule has 2 aromatic rings. The van der Waals surface area contributed by atoms with Crippen molar-refractivity contribution in [1.29, 1.82) is 0 Å². The van der Waals surface area contributed by atoms with Crippen LogP contribution in [0.15, 0.2) is 45.7 Å². The van der Waals surface area contributed by atoms with Gasteiger partial charge >= 0.3 is 0 Å². The van der Waals surface area contributed by atoms with Crippen LogP contribution in [0.3, 0.4) is 0 Å². The molecule has 0 aliphatic heterocycles. The molecule has 19 heavy (non-hydrogen) atoms. The molecule has 0 saturated carbocycles. The molecule has 2 nitrogen and oxygen atoms in total. The second kappa shape index (κ2) is 6.78. The maximum Gasteiger partial charge on any atom is 0.124 e. The van der Waals surface area contributed by atoms with Gasteiger partial charge in [-0.1, -0.05) is 19.9 Å². The summed E-state index contributed by atoms with van der Waals surface area (Å²) >= 11 is 1.57. The third-order valence-electron chi connectivity index (χ3n) is 2.58. The van der Waals surface area contributed by atoms with Gasteiger partial charge in [0.25, 0.3) is 0 Å². The Kier molecular flexibility index (Phi) is 5.05. The zero-order valence-corrected chi connectivity index (χ0v) is 12.0. The Morgan fingerprint density at radius 2 is 2.00 bits per heavy atom. The standard InChI is InChI=1S/C15H18FNOS/c1-11(2)17-9-13-6-7-14(18-13)10-19-15-5-3-4-12(16)8-15/h3-8,11,17H,9-10H2,1-2H3. The molecule has 0 spiro atoms. The van der Waals surface area contributed by atoms with Crippen LogP contribution in [0.1, 0.15) is 25.4 Å². The first-order valence-corrected chi connectivity index (χ1v) is 7.31. The number of benzene rings is 1. The van der Waals surface area contributed by atoms with Gasteiger partial charge in [0.1, 0.15) is 17.3 Å². The van der Waals surface area contributed by atoms with Gasteiger partial charge in [-0.15, -0.1) is 11.8 Å². The zero-order valence-electron chi connectivity index (χ0n) is 11.2. The van der Waals surface area contributed by atoms with Crippen molar-refractivity contribution in [3.05, 3.63) is 53.7 Å². The molecule has 0 bridgehead atoms. The van der Waals surface area contributed by atoms with Gasteiger partial charge in [0.05, 0.1) is 12.3 Å². The van der Waals surface area contributed by atoms with E-state index >= 15 is 0 Å². The molecule has 0 aliphatic carbocycles. The largest absolute Gasteiger partial charge is 0.464 e. The van der Waals surface area contributed by atoms with Crippen LogP contribution in [0, 0.1) is 5.82 Å². The molecule has 1 aromatic carbocycles. The third-order valence-corrected chi connectivity index (χ3v) is 3.60. The summed E-state index contributed by atoms with van der Waals surface area (Å²) in [4.78, 5) is 0.915. The second-order valence-electron chi connectivity index (χ2n) is 4.65. The number of hydrogen-bond acceptors (Lipinski definition) is 3. The van der Waals surface area contributed by atoms with E-state index in [-0.39, 0.29) is 5.82 Å². The molecule has 1 aromatic heterocycles. The minimum absolute atomic E-state index is 0.203. The predicted octanol–water partition coefficient (Wildman–Crippen LogP) is 4.21. The number of thioether (sulfide) groups is 1. The highest BCUT2D eigenvalue weighted by Gasteiger charge is 2.04. The summed E-state index contributed by atoms with van der Waals surface area (Å²) in [6.07, 6.45) is 0. The molecule has 0 amide bonds. The van der Waals surface area contributed by atoms with E-state index < -0.39 is 0 Å². The molecule has 0 fully saturated rings. The van der Waals surface area contributed by atoms with Gasteiger partial charge in [0.2, 0.25) is 0 Å². The molecule has 1 N–H and O–H groups in total. The van der Waals surface area contributed by atoms with E-state index in [9.17, 15) is 4.39 Å². The fraction of sp³-hybridized carbons (Fsp3) is 0.333.